The lowest BCUT2D eigenvalue weighted by Crippen LogP contribution is -2.22. The molecular formula is C13H15Cl2N3. The fourth-order valence-electron chi connectivity index (χ4n) is 1.87. The molecule has 0 aliphatic rings. The minimum absolute atomic E-state index is 0.0333. The molecule has 1 aromatic carbocycles. The Morgan fingerprint density at radius 2 is 2.11 bits per heavy atom. The van der Waals surface area contributed by atoms with Gasteiger partial charge in [0.15, 0.2) is 0 Å². The monoisotopic (exact) mass is 283 g/mol. The lowest BCUT2D eigenvalue weighted by atomic mass is 10.0. The van der Waals surface area contributed by atoms with Crippen LogP contribution in [0.5, 0.6) is 0 Å². The summed E-state index contributed by atoms with van der Waals surface area (Å²) in [6.07, 6.45) is 3.78. The number of aromatic nitrogens is 2. The number of benzene rings is 1. The third-order valence-electron chi connectivity index (χ3n) is 2.71. The molecule has 1 unspecified atom stereocenters. The van der Waals surface area contributed by atoms with Gasteiger partial charge in [-0.05, 0) is 24.2 Å². The Kier molecular flexibility index (Phi) is 4.27. The summed E-state index contributed by atoms with van der Waals surface area (Å²) in [5.41, 5.74) is 2.03. The van der Waals surface area contributed by atoms with Crippen molar-refractivity contribution in [3.05, 3.63) is 52.0 Å². The third-order valence-corrected chi connectivity index (χ3v) is 3.44. The molecule has 1 heterocycles. The molecule has 2 rings (SSSR count). The molecule has 0 saturated carbocycles. The summed E-state index contributed by atoms with van der Waals surface area (Å²) in [6.45, 7) is 2.91. The molecule has 0 spiro atoms. The Morgan fingerprint density at radius 3 is 2.67 bits per heavy atom. The lowest BCUT2D eigenvalue weighted by Gasteiger charge is -2.16. The highest BCUT2D eigenvalue weighted by Gasteiger charge is 2.16. The smallest absolute Gasteiger partial charge is 0.0947 e. The van der Waals surface area contributed by atoms with Crippen LogP contribution in [0.3, 0.4) is 0 Å². The molecule has 0 saturated heterocycles. The molecular weight excluding hydrogens is 269 g/mol. The van der Waals surface area contributed by atoms with Crippen LogP contribution in [0.15, 0.2) is 30.7 Å². The van der Waals surface area contributed by atoms with Gasteiger partial charge in [-0.1, -0.05) is 36.2 Å². The standard InChI is InChI=1S/C13H15Cl2N3/c1-3-16-13(12-7-18(2)8-17-12)9-4-5-10(14)11(15)6-9/h4-8,13,16H,3H2,1-2H3. The van der Waals surface area contributed by atoms with E-state index in [9.17, 15) is 0 Å². The van der Waals surface area contributed by atoms with Gasteiger partial charge in [0.2, 0.25) is 0 Å². The summed E-state index contributed by atoms with van der Waals surface area (Å²) >= 11 is 12.0. The molecule has 96 valence electrons. The van der Waals surface area contributed by atoms with Gasteiger partial charge in [0, 0.05) is 13.2 Å². The molecule has 0 amide bonds. The van der Waals surface area contributed by atoms with Gasteiger partial charge in [-0.2, -0.15) is 0 Å². The summed E-state index contributed by atoms with van der Waals surface area (Å²) in [5, 5.41) is 4.53. The van der Waals surface area contributed by atoms with Crippen molar-refractivity contribution in [3.8, 4) is 0 Å². The second-order valence-corrected chi connectivity index (χ2v) is 4.94. The van der Waals surface area contributed by atoms with Gasteiger partial charge in [0.05, 0.1) is 28.1 Å². The molecule has 1 atom stereocenters. The molecule has 18 heavy (non-hydrogen) atoms. The average Bonchev–Trinajstić information content (AvgIpc) is 2.76. The summed E-state index contributed by atoms with van der Waals surface area (Å²) in [6, 6.07) is 5.69. The van der Waals surface area contributed by atoms with Crippen LogP contribution in [0.1, 0.15) is 24.2 Å². The van der Waals surface area contributed by atoms with Crippen LogP contribution in [-0.2, 0) is 7.05 Å². The van der Waals surface area contributed by atoms with E-state index in [1.807, 2.05) is 36.0 Å². The molecule has 0 bridgehead atoms. The third kappa shape index (κ3) is 2.86. The van der Waals surface area contributed by atoms with Crippen molar-refractivity contribution < 1.29 is 0 Å². The highest BCUT2D eigenvalue weighted by Crippen LogP contribution is 2.28. The first kappa shape index (κ1) is 13.4. The first-order valence-electron chi connectivity index (χ1n) is 5.78. The molecule has 3 nitrogen and oxygen atoms in total. The maximum Gasteiger partial charge on any atom is 0.0947 e. The molecule has 1 N–H and O–H groups in total. The highest BCUT2D eigenvalue weighted by atomic mass is 35.5. The molecule has 0 radical (unpaired) electrons. The number of hydrogen-bond acceptors (Lipinski definition) is 2. The van der Waals surface area contributed by atoms with E-state index in [-0.39, 0.29) is 6.04 Å². The van der Waals surface area contributed by atoms with Crippen molar-refractivity contribution in [2.75, 3.05) is 6.54 Å². The van der Waals surface area contributed by atoms with Gasteiger partial charge < -0.3 is 9.88 Å². The fraction of sp³-hybridized carbons (Fsp3) is 0.308. The first-order chi connectivity index (χ1) is 8.61. The predicted octanol–water partition coefficient (Wildman–Crippen LogP) is 3.43. The largest absolute Gasteiger partial charge is 0.340 e. The summed E-state index contributed by atoms with van der Waals surface area (Å²) in [7, 11) is 1.95. The van der Waals surface area contributed by atoms with E-state index in [2.05, 4.69) is 17.2 Å². The van der Waals surface area contributed by atoms with Crippen LogP contribution >= 0.6 is 23.2 Å². The van der Waals surface area contributed by atoms with Gasteiger partial charge in [-0.3, -0.25) is 0 Å². The summed E-state index contributed by atoms with van der Waals surface area (Å²) in [4.78, 5) is 4.39. The van der Waals surface area contributed by atoms with Crippen molar-refractivity contribution >= 4 is 23.2 Å². The molecule has 5 heteroatoms. The van der Waals surface area contributed by atoms with Crippen LogP contribution in [0.2, 0.25) is 10.0 Å². The van der Waals surface area contributed by atoms with Crippen molar-refractivity contribution in [2.24, 2.45) is 7.05 Å². The van der Waals surface area contributed by atoms with E-state index in [4.69, 9.17) is 23.2 Å². The molecule has 0 aliphatic carbocycles. The zero-order valence-electron chi connectivity index (χ0n) is 10.3. The summed E-state index contributed by atoms with van der Waals surface area (Å²) < 4.78 is 1.93. The Balaban J connectivity index is 2.37. The van der Waals surface area contributed by atoms with Crippen molar-refractivity contribution in [1.82, 2.24) is 14.9 Å². The van der Waals surface area contributed by atoms with E-state index in [1.54, 1.807) is 6.33 Å². The molecule has 0 fully saturated rings. The van der Waals surface area contributed by atoms with Crippen LogP contribution in [0.4, 0.5) is 0 Å². The second kappa shape index (κ2) is 5.74. The summed E-state index contributed by atoms with van der Waals surface area (Å²) in [5.74, 6) is 0. The van der Waals surface area contributed by atoms with E-state index >= 15 is 0 Å². The van der Waals surface area contributed by atoms with E-state index in [1.165, 1.54) is 0 Å². The van der Waals surface area contributed by atoms with E-state index in [0.29, 0.717) is 10.0 Å². The quantitative estimate of drug-likeness (QED) is 0.932. The second-order valence-electron chi connectivity index (χ2n) is 4.13. The maximum absolute atomic E-state index is 6.07. The molecule has 0 aliphatic heterocycles. The molecule has 1 aromatic heterocycles. The van der Waals surface area contributed by atoms with Gasteiger partial charge in [0.25, 0.3) is 0 Å². The first-order valence-corrected chi connectivity index (χ1v) is 6.53. The Hall–Kier alpha value is -1.03. The Morgan fingerprint density at radius 1 is 1.33 bits per heavy atom. The minimum atomic E-state index is 0.0333. The number of aryl methyl sites for hydroxylation is 1. The molecule has 2 aromatic rings. The minimum Gasteiger partial charge on any atom is -0.340 e. The van der Waals surface area contributed by atoms with Crippen molar-refractivity contribution in [2.45, 2.75) is 13.0 Å². The highest BCUT2D eigenvalue weighted by molar-refractivity contribution is 6.42. The van der Waals surface area contributed by atoms with Crippen LogP contribution in [-0.4, -0.2) is 16.1 Å². The van der Waals surface area contributed by atoms with Crippen molar-refractivity contribution in [1.29, 1.82) is 0 Å². The SMILES string of the molecule is CCNC(c1ccc(Cl)c(Cl)c1)c1cn(C)cn1. The van der Waals surface area contributed by atoms with Crippen molar-refractivity contribution in [3.63, 3.8) is 0 Å². The number of nitrogens with one attached hydrogen (secondary N) is 1. The Labute approximate surface area is 117 Å². The van der Waals surface area contributed by atoms with E-state index < -0.39 is 0 Å². The van der Waals surface area contributed by atoms with Crippen LogP contribution in [0, 0.1) is 0 Å². The predicted molar refractivity (Wildman–Crippen MR) is 75.2 cm³/mol. The number of rotatable bonds is 4. The lowest BCUT2D eigenvalue weighted by molar-refractivity contribution is 0.617. The zero-order valence-corrected chi connectivity index (χ0v) is 11.8. The average molecular weight is 284 g/mol. The van der Waals surface area contributed by atoms with Crippen LogP contribution in [0.25, 0.3) is 0 Å². The van der Waals surface area contributed by atoms with Crippen LogP contribution < -0.4 is 5.32 Å². The fourth-order valence-corrected chi connectivity index (χ4v) is 2.18. The van der Waals surface area contributed by atoms with E-state index in [0.717, 1.165) is 17.8 Å². The van der Waals surface area contributed by atoms with Gasteiger partial charge in [-0.25, -0.2) is 4.98 Å². The normalized spacial score (nSPS) is 12.7. The van der Waals surface area contributed by atoms with Gasteiger partial charge >= 0.3 is 0 Å². The number of hydrogen-bond donors (Lipinski definition) is 1. The van der Waals surface area contributed by atoms with Gasteiger partial charge in [0.1, 0.15) is 0 Å². The number of halogens is 2. The van der Waals surface area contributed by atoms with Gasteiger partial charge in [-0.15, -0.1) is 0 Å². The Bertz CT molecular complexity index is 537. The number of imidazole rings is 1. The topological polar surface area (TPSA) is 29.9 Å². The number of nitrogens with zero attached hydrogens (tertiary/aromatic N) is 2. The zero-order chi connectivity index (χ0) is 13.1. The maximum atomic E-state index is 6.07.